The summed E-state index contributed by atoms with van der Waals surface area (Å²) >= 11 is 0. The first kappa shape index (κ1) is 29.1. The van der Waals surface area contributed by atoms with Crippen LogP contribution in [0.5, 0.6) is 5.75 Å². The van der Waals surface area contributed by atoms with Gasteiger partial charge in [-0.15, -0.1) is 0 Å². The van der Waals surface area contributed by atoms with Crippen LogP contribution in [0, 0.1) is 17.8 Å². The fourth-order valence-electron chi connectivity index (χ4n) is 5.54. The first-order valence-electron chi connectivity index (χ1n) is 14.9. The second kappa shape index (κ2) is 13.5. The van der Waals surface area contributed by atoms with Crippen molar-refractivity contribution in [2.24, 2.45) is 17.8 Å². The minimum absolute atomic E-state index is 0.117. The van der Waals surface area contributed by atoms with Crippen LogP contribution in [0.15, 0.2) is 42.6 Å². The van der Waals surface area contributed by atoms with Crippen LogP contribution in [0.2, 0.25) is 0 Å². The molecule has 0 saturated carbocycles. The zero-order valence-electron chi connectivity index (χ0n) is 24.9. The van der Waals surface area contributed by atoms with Crippen molar-refractivity contribution < 1.29 is 9.53 Å². The molecule has 4 rings (SSSR count). The Morgan fingerprint density at radius 2 is 1.69 bits per heavy atom. The number of amides is 1. The number of imidazole rings is 1. The van der Waals surface area contributed by atoms with E-state index >= 15 is 0 Å². The number of ether oxygens (including phenoxy) is 1. The van der Waals surface area contributed by atoms with E-state index in [-0.39, 0.29) is 5.91 Å². The van der Waals surface area contributed by atoms with E-state index < -0.39 is 0 Å². The van der Waals surface area contributed by atoms with Crippen LogP contribution in [0.1, 0.15) is 76.4 Å². The molecule has 3 aromatic rings. The Kier molecular flexibility index (Phi) is 10.1. The molecule has 0 spiro atoms. The number of hydrogen-bond acceptors (Lipinski definition) is 4. The molecule has 1 aliphatic heterocycles. The largest absolute Gasteiger partial charge is 0.497 e. The molecule has 0 bridgehead atoms. The van der Waals surface area contributed by atoms with Gasteiger partial charge in [-0.2, -0.15) is 0 Å². The number of pyridine rings is 1. The average molecular weight is 533 g/mol. The van der Waals surface area contributed by atoms with Crippen molar-refractivity contribution in [1.82, 2.24) is 19.2 Å². The van der Waals surface area contributed by atoms with Gasteiger partial charge in [-0.3, -0.25) is 4.79 Å². The zero-order valence-corrected chi connectivity index (χ0v) is 24.9. The van der Waals surface area contributed by atoms with Gasteiger partial charge in [-0.05, 0) is 87.2 Å². The summed E-state index contributed by atoms with van der Waals surface area (Å²) in [4.78, 5) is 23.5. The van der Waals surface area contributed by atoms with Gasteiger partial charge in [0.2, 0.25) is 0 Å². The number of carbonyl (C=O) groups excluding carboxylic acids is 1. The van der Waals surface area contributed by atoms with Crippen molar-refractivity contribution in [1.29, 1.82) is 0 Å². The third-order valence-electron chi connectivity index (χ3n) is 7.86. The maximum Gasteiger partial charge on any atom is 0.255 e. The predicted octanol–water partition coefficient (Wildman–Crippen LogP) is 6.82. The lowest BCUT2D eigenvalue weighted by atomic mass is 10.0. The highest BCUT2D eigenvalue weighted by atomic mass is 16.5. The van der Waals surface area contributed by atoms with E-state index in [1.807, 2.05) is 30.5 Å². The summed E-state index contributed by atoms with van der Waals surface area (Å²) in [5, 5.41) is 0. The van der Waals surface area contributed by atoms with Gasteiger partial charge >= 0.3 is 0 Å². The van der Waals surface area contributed by atoms with Crippen molar-refractivity contribution in [3.05, 3.63) is 53.9 Å². The molecule has 1 aromatic carbocycles. The van der Waals surface area contributed by atoms with Crippen LogP contribution >= 0.6 is 0 Å². The standard InChI is InChI=1S/C33H48N4O2/c1-24(2)14-18-36(19-15-25(3)4)33(38)28-12-13-31-34-32(27-10-9-11-29(21-27)39-6)30(37(31)23-28)20-26(5)22-35-16-7-8-17-35/h9-13,21,23-26H,7-8,14-20,22H2,1-6H3. The summed E-state index contributed by atoms with van der Waals surface area (Å²) in [6.07, 6.45) is 7.54. The lowest BCUT2D eigenvalue weighted by Gasteiger charge is -2.25. The summed E-state index contributed by atoms with van der Waals surface area (Å²) in [5.74, 6) is 2.53. The predicted molar refractivity (Wildman–Crippen MR) is 161 cm³/mol. The summed E-state index contributed by atoms with van der Waals surface area (Å²) in [5.41, 5.74) is 4.80. The minimum atomic E-state index is 0.117. The zero-order chi connectivity index (χ0) is 27.9. The highest BCUT2D eigenvalue weighted by molar-refractivity contribution is 5.94. The number of fused-ring (bicyclic) bond motifs is 1. The highest BCUT2D eigenvalue weighted by Crippen LogP contribution is 2.30. The molecule has 1 saturated heterocycles. The second-order valence-electron chi connectivity index (χ2n) is 12.3. The van der Waals surface area contributed by atoms with Gasteiger partial charge in [0.1, 0.15) is 11.4 Å². The molecule has 1 aliphatic rings. The number of hydrogen-bond donors (Lipinski definition) is 0. The van der Waals surface area contributed by atoms with Gasteiger partial charge in [-0.25, -0.2) is 4.98 Å². The van der Waals surface area contributed by atoms with Crippen LogP contribution in [0.25, 0.3) is 16.9 Å². The first-order valence-corrected chi connectivity index (χ1v) is 14.9. The van der Waals surface area contributed by atoms with Crippen molar-refractivity contribution >= 4 is 11.6 Å². The van der Waals surface area contributed by atoms with Crippen molar-refractivity contribution in [3.63, 3.8) is 0 Å². The van der Waals surface area contributed by atoms with Crippen LogP contribution in [0.4, 0.5) is 0 Å². The molecule has 1 fully saturated rings. The summed E-state index contributed by atoms with van der Waals surface area (Å²) in [7, 11) is 1.70. The molecule has 0 radical (unpaired) electrons. The molecule has 2 aromatic heterocycles. The minimum Gasteiger partial charge on any atom is -0.497 e. The number of carbonyl (C=O) groups is 1. The lowest BCUT2D eigenvalue weighted by molar-refractivity contribution is 0.0740. The third kappa shape index (κ3) is 7.63. The Balaban J connectivity index is 1.70. The SMILES string of the molecule is COc1cccc(-c2nc3ccc(C(=O)N(CCC(C)C)CCC(C)C)cn3c2CC(C)CN2CCCC2)c1. The molecule has 0 N–H and O–H groups in total. The molecule has 39 heavy (non-hydrogen) atoms. The second-order valence-corrected chi connectivity index (χ2v) is 12.3. The lowest BCUT2D eigenvalue weighted by Crippen LogP contribution is -2.34. The molecule has 212 valence electrons. The van der Waals surface area contributed by atoms with Gasteiger partial charge in [0.25, 0.3) is 5.91 Å². The quantitative estimate of drug-likeness (QED) is 0.242. The summed E-state index contributed by atoms with van der Waals surface area (Å²) in [6.45, 7) is 16.3. The van der Waals surface area contributed by atoms with Gasteiger partial charge in [0, 0.05) is 31.4 Å². The number of rotatable bonds is 13. The molecule has 6 nitrogen and oxygen atoms in total. The van der Waals surface area contributed by atoms with E-state index in [1.165, 1.54) is 25.9 Å². The first-order chi connectivity index (χ1) is 18.7. The van der Waals surface area contributed by atoms with Crippen molar-refractivity contribution in [2.45, 2.75) is 66.7 Å². The van der Waals surface area contributed by atoms with Gasteiger partial charge in [0.05, 0.1) is 24.1 Å². The monoisotopic (exact) mass is 532 g/mol. The van der Waals surface area contributed by atoms with Crippen molar-refractivity contribution in [3.8, 4) is 17.0 Å². The topological polar surface area (TPSA) is 50.1 Å². The summed E-state index contributed by atoms with van der Waals surface area (Å²) in [6, 6.07) is 12.1. The normalized spacial score (nSPS) is 15.0. The Morgan fingerprint density at radius 1 is 1.00 bits per heavy atom. The molecule has 1 amide bonds. The molecular formula is C33H48N4O2. The van der Waals surface area contributed by atoms with Gasteiger partial charge in [0.15, 0.2) is 0 Å². The summed E-state index contributed by atoms with van der Waals surface area (Å²) < 4.78 is 7.70. The average Bonchev–Trinajstić information content (AvgIpc) is 3.55. The smallest absolute Gasteiger partial charge is 0.255 e. The number of aromatic nitrogens is 2. The van der Waals surface area contributed by atoms with Crippen molar-refractivity contribution in [2.75, 3.05) is 39.8 Å². The third-order valence-corrected chi connectivity index (χ3v) is 7.86. The maximum atomic E-state index is 13.8. The fourth-order valence-corrected chi connectivity index (χ4v) is 5.54. The molecule has 0 aliphatic carbocycles. The molecule has 6 heteroatoms. The van der Waals surface area contributed by atoms with E-state index in [1.54, 1.807) is 7.11 Å². The Hall–Kier alpha value is -2.86. The number of benzene rings is 1. The Bertz CT molecular complexity index is 1210. The number of likely N-dealkylation sites (tertiary alicyclic amines) is 1. The van der Waals surface area contributed by atoms with E-state index in [0.29, 0.717) is 17.8 Å². The van der Waals surface area contributed by atoms with E-state index in [2.05, 4.69) is 61.0 Å². The molecule has 3 heterocycles. The molecular weight excluding hydrogens is 484 g/mol. The Labute approximate surface area is 235 Å². The van der Waals surface area contributed by atoms with Crippen LogP contribution < -0.4 is 4.74 Å². The van der Waals surface area contributed by atoms with E-state index in [4.69, 9.17) is 9.72 Å². The van der Waals surface area contributed by atoms with E-state index in [9.17, 15) is 4.79 Å². The molecule has 1 atom stereocenters. The van der Waals surface area contributed by atoms with E-state index in [0.717, 1.165) is 72.8 Å². The number of methoxy groups -OCH3 is 1. The Morgan fingerprint density at radius 3 is 2.33 bits per heavy atom. The van der Waals surface area contributed by atoms with Gasteiger partial charge < -0.3 is 18.9 Å². The fraction of sp³-hybridized carbons (Fsp3) is 0.576. The maximum absolute atomic E-state index is 13.8. The van der Waals surface area contributed by atoms with Gasteiger partial charge in [-0.1, -0.05) is 46.8 Å². The van der Waals surface area contributed by atoms with Crippen LogP contribution in [0.3, 0.4) is 0 Å². The number of nitrogens with zero attached hydrogens (tertiary/aromatic N) is 4. The highest BCUT2D eigenvalue weighted by Gasteiger charge is 2.22. The molecule has 1 unspecified atom stereocenters. The van der Waals surface area contributed by atoms with Crippen LogP contribution in [-0.2, 0) is 6.42 Å². The van der Waals surface area contributed by atoms with Crippen LogP contribution in [-0.4, -0.2) is 64.9 Å².